The Morgan fingerprint density at radius 3 is 2.11 bits per heavy atom. The Morgan fingerprint density at radius 2 is 1.36 bits per heavy atom. The molecule has 0 amide bonds. The van der Waals surface area contributed by atoms with Crippen LogP contribution >= 0.6 is 11.6 Å². The number of nitrogens with one attached hydrogen (secondary N) is 1. The van der Waals surface area contributed by atoms with E-state index in [2.05, 4.69) is 17.6 Å². The molecule has 0 aliphatic heterocycles. The van der Waals surface area contributed by atoms with Gasteiger partial charge in [-0.1, -0.05) is 84.4 Å². The van der Waals surface area contributed by atoms with Gasteiger partial charge in [0.15, 0.2) is 0 Å². The minimum Gasteiger partial charge on any atom is -0.241 e. The predicted molar refractivity (Wildman–Crippen MR) is 142 cm³/mol. The van der Waals surface area contributed by atoms with Crippen molar-refractivity contribution < 1.29 is 8.78 Å². The van der Waals surface area contributed by atoms with Crippen LogP contribution in [0.25, 0.3) is 0 Å². The fraction of sp³-hybridized carbons (Fsp3) is 0.200. The lowest BCUT2D eigenvalue weighted by atomic mass is 10.1. The van der Waals surface area contributed by atoms with Gasteiger partial charge in [-0.3, -0.25) is 0 Å². The zero-order valence-corrected chi connectivity index (χ0v) is 20.8. The number of halogens is 3. The number of nitrogens with zero attached hydrogens (tertiary/aromatic N) is 2. The maximum atomic E-state index is 14.6. The van der Waals surface area contributed by atoms with Gasteiger partial charge in [0.1, 0.15) is 11.6 Å². The zero-order chi connectivity index (χ0) is 25.2. The second-order valence-electron chi connectivity index (χ2n) is 8.69. The third-order valence-corrected chi connectivity index (χ3v) is 6.23. The van der Waals surface area contributed by atoms with Crippen molar-refractivity contribution in [1.82, 2.24) is 15.6 Å². The summed E-state index contributed by atoms with van der Waals surface area (Å²) in [4.78, 5) is 0. The number of hydrogen-bond acceptors (Lipinski definition) is 3. The molecule has 6 heteroatoms. The molecule has 1 N–H and O–H groups in total. The first-order valence-electron chi connectivity index (χ1n) is 12.1. The van der Waals surface area contributed by atoms with Crippen LogP contribution in [0.3, 0.4) is 0 Å². The molecule has 4 rings (SSSR count). The van der Waals surface area contributed by atoms with E-state index in [1.54, 1.807) is 18.2 Å². The summed E-state index contributed by atoms with van der Waals surface area (Å²) < 4.78 is 28.6. The number of hydrogen-bond donors (Lipinski definition) is 1. The smallest absolute Gasteiger partial charge is 0.127 e. The minimum atomic E-state index is -0.289. The summed E-state index contributed by atoms with van der Waals surface area (Å²) in [5.74, 6) is -0.549. The molecule has 0 radical (unpaired) electrons. The lowest BCUT2D eigenvalue weighted by Crippen LogP contribution is -2.51. The first-order chi connectivity index (χ1) is 17.6. The van der Waals surface area contributed by atoms with Crippen LogP contribution in [0.15, 0.2) is 103 Å². The molecule has 0 bridgehead atoms. The Hall–Kier alpha value is -3.09. The first-order valence-corrected chi connectivity index (χ1v) is 12.5. The van der Waals surface area contributed by atoms with Gasteiger partial charge in [0.2, 0.25) is 0 Å². The molecule has 0 aliphatic rings. The van der Waals surface area contributed by atoms with Crippen LogP contribution in [0.5, 0.6) is 0 Å². The van der Waals surface area contributed by atoms with E-state index in [-0.39, 0.29) is 11.6 Å². The van der Waals surface area contributed by atoms with Gasteiger partial charge in [0.25, 0.3) is 0 Å². The van der Waals surface area contributed by atoms with Gasteiger partial charge in [-0.15, -0.1) is 0 Å². The van der Waals surface area contributed by atoms with Crippen LogP contribution in [0, 0.1) is 11.6 Å². The topological polar surface area (TPSA) is 18.5 Å². The highest BCUT2D eigenvalue weighted by Crippen LogP contribution is 2.17. The van der Waals surface area contributed by atoms with Crippen LogP contribution in [0.1, 0.15) is 22.3 Å². The van der Waals surface area contributed by atoms with Crippen molar-refractivity contribution in [3.8, 4) is 0 Å². The normalized spacial score (nSPS) is 11.4. The van der Waals surface area contributed by atoms with Crippen molar-refractivity contribution in [3.05, 3.63) is 142 Å². The molecule has 186 valence electrons. The Bertz CT molecular complexity index is 1220. The van der Waals surface area contributed by atoms with E-state index >= 15 is 0 Å². The fourth-order valence-corrected chi connectivity index (χ4v) is 4.20. The predicted octanol–water partition coefficient (Wildman–Crippen LogP) is 6.83. The monoisotopic (exact) mass is 505 g/mol. The van der Waals surface area contributed by atoms with Crippen LogP contribution in [0.2, 0.25) is 5.02 Å². The lowest BCUT2D eigenvalue weighted by Gasteiger charge is -2.36. The Kier molecular flexibility index (Phi) is 9.59. The van der Waals surface area contributed by atoms with Crippen molar-refractivity contribution in [1.29, 1.82) is 0 Å². The van der Waals surface area contributed by atoms with Gasteiger partial charge < -0.3 is 0 Å². The number of benzene rings is 4. The molecule has 0 fully saturated rings. The summed E-state index contributed by atoms with van der Waals surface area (Å²) >= 11 is 6.06. The zero-order valence-electron chi connectivity index (χ0n) is 20.1. The number of rotatable bonds is 12. The Balaban J connectivity index is 1.56. The molecular formula is C30H30ClF2N3. The highest BCUT2D eigenvalue weighted by atomic mass is 35.5. The molecule has 0 aliphatic carbocycles. The molecule has 0 atom stereocenters. The molecule has 0 heterocycles. The molecule has 0 saturated carbocycles. The molecule has 4 aromatic rings. The molecule has 0 saturated heterocycles. The van der Waals surface area contributed by atoms with Crippen molar-refractivity contribution in [2.45, 2.75) is 25.9 Å². The van der Waals surface area contributed by atoms with E-state index in [4.69, 9.17) is 11.6 Å². The maximum Gasteiger partial charge on any atom is 0.127 e. The van der Waals surface area contributed by atoms with Crippen molar-refractivity contribution in [2.75, 3.05) is 13.1 Å². The molecule has 0 unspecified atom stereocenters. The third kappa shape index (κ3) is 7.97. The minimum absolute atomic E-state index is 0.260. The molecule has 3 nitrogen and oxygen atoms in total. The van der Waals surface area contributed by atoms with Crippen molar-refractivity contribution in [3.63, 3.8) is 0 Å². The highest BCUT2D eigenvalue weighted by Gasteiger charge is 2.18. The van der Waals surface area contributed by atoms with E-state index in [0.717, 1.165) is 24.0 Å². The summed E-state index contributed by atoms with van der Waals surface area (Å²) in [5.41, 5.74) is 7.31. The van der Waals surface area contributed by atoms with Gasteiger partial charge in [-0.05, 0) is 59.9 Å². The van der Waals surface area contributed by atoms with Gasteiger partial charge >= 0.3 is 0 Å². The average Bonchev–Trinajstić information content (AvgIpc) is 2.89. The quantitative estimate of drug-likeness (QED) is 0.213. The largest absolute Gasteiger partial charge is 0.241 e. The Morgan fingerprint density at radius 1 is 0.667 bits per heavy atom. The second kappa shape index (κ2) is 13.3. The van der Waals surface area contributed by atoms with Crippen LogP contribution in [-0.2, 0) is 25.9 Å². The van der Waals surface area contributed by atoms with E-state index in [1.165, 1.54) is 23.8 Å². The molecule has 4 aromatic carbocycles. The van der Waals surface area contributed by atoms with Crippen molar-refractivity contribution in [2.24, 2.45) is 0 Å². The second-order valence-corrected chi connectivity index (χ2v) is 9.12. The van der Waals surface area contributed by atoms with Gasteiger partial charge in [-0.25, -0.2) is 19.2 Å². The third-order valence-electron chi connectivity index (χ3n) is 5.98. The van der Waals surface area contributed by atoms with Crippen LogP contribution < -0.4 is 5.43 Å². The van der Waals surface area contributed by atoms with Gasteiger partial charge in [0, 0.05) is 36.8 Å². The maximum absolute atomic E-state index is 14.6. The fourth-order valence-electron chi connectivity index (χ4n) is 4.08. The van der Waals surface area contributed by atoms with Crippen LogP contribution in [-0.4, -0.2) is 23.2 Å². The molecular weight excluding hydrogens is 476 g/mol. The summed E-state index contributed by atoms with van der Waals surface area (Å²) in [5, 5.41) is 4.77. The lowest BCUT2D eigenvalue weighted by molar-refractivity contribution is -0.0844. The van der Waals surface area contributed by atoms with Gasteiger partial charge in [-0.2, -0.15) is 5.12 Å². The highest BCUT2D eigenvalue weighted by molar-refractivity contribution is 6.30. The average molecular weight is 506 g/mol. The standard InChI is InChI=1S/C30H30ClF2N3/c31-28-15-13-25(14-16-28)18-20-36(34-19-17-24-7-2-1-3-8-24)35(22-26-9-6-11-29(32)21-26)23-27-10-4-5-12-30(27)33/h1-16,21,34H,17-20,22-23H2. The summed E-state index contributed by atoms with van der Waals surface area (Å²) in [6.45, 7) is 2.09. The SMILES string of the molecule is Fc1cccc(CN(Cc2ccccc2F)N(CCc2ccc(Cl)cc2)NCCc2ccccc2)c1. The molecule has 0 spiro atoms. The summed E-state index contributed by atoms with van der Waals surface area (Å²) in [6, 6.07) is 31.4. The number of hydrazine groups is 2. The van der Waals surface area contributed by atoms with Crippen molar-refractivity contribution >= 4 is 11.6 Å². The van der Waals surface area contributed by atoms with Crippen LogP contribution in [0.4, 0.5) is 8.78 Å². The molecule has 0 aromatic heterocycles. The first kappa shape index (κ1) is 26.0. The summed E-state index contributed by atoms with van der Waals surface area (Å²) in [6.07, 6.45) is 1.60. The Labute approximate surface area is 216 Å². The molecule has 36 heavy (non-hydrogen) atoms. The van der Waals surface area contributed by atoms with E-state index in [9.17, 15) is 8.78 Å². The van der Waals surface area contributed by atoms with E-state index < -0.39 is 0 Å². The van der Waals surface area contributed by atoms with Gasteiger partial charge in [0.05, 0.1) is 0 Å². The van der Waals surface area contributed by atoms with E-state index in [0.29, 0.717) is 36.8 Å². The van der Waals surface area contributed by atoms with E-state index in [1.807, 2.05) is 64.7 Å². The summed E-state index contributed by atoms with van der Waals surface area (Å²) in [7, 11) is 0.